The minimum Gasteiger partial charge on any atom is -0.464 e. The van der Waals surface area contributed by atoms with Crippen molar-refractivity contribution in [2.24, 2.45) is 16.5 Å². The molecule has 10 heteroatoms. The number of hydrogen-bond donors (Lipinski definition) is 5. The number of nitrogens with one attached hydrogen (secondary N) is 3. The summed E-state index contributed by atoms with van der Waals surface area (Å²) in [6.07, 6.45) is 0.266. The van der Waals surface area contributed by atoms with Gasteiger partial charge in [0, 0.05) is 24.7 Å². The van der Waals surface area contributed by atoms with E-state index in [9.17, 15) is 14.4 Å². The lowest BCUT2D eigenvalue weighted by Crippen LogP contribution is -2.42. The maximum absolute atomic E-state index is 12.2. The van der Waals surface area contributed by atoms with E-state index in [0.717, 1.165) is 5.56 Å². The van der Waals surface area contributed by atoms with Crippen LogP contribution in [-0.4, -0.2) is 36.5 Å². The fraction of sp³-hybridized carbons (Fsp3) is 0.238. The van der Waals surface area contributed by atoms with Crippen LogP contribution in [0.3, 0.4) is 0 Å². The van der Waals surface area contributed by atoms with E-state index in [4.69, 9.17) is 16.2 Å². The maximum atomic E-state index is 12.2. The van der Waals surface area contributed by atoms with Gasteiger partial charge in [-0.3, -0.25) is 4.79 Å². The Hall–Kier alpha value is -4.08. The molecule has 0 saturated carbocycles. The van der Waals surface area contributed by atoms with Gasteiger partial charge in [-0.15, -0.1) is 0 Å². The van der Waals surface area contributed by atoms with E-state index in [2.05, 4.69) is 20.9 Å². The van der Waals surface area contributed by atoms with E-state index >= 15 is 0 Å². The molecule has 0 bridgehead atoms. The van der Waals surface area contributed by atoms with Crippen LogP contribution in [0.2, 0.25) is 0 Å². The van der Waals surface area contributed by atoms with E-state index in [0.29, 0.717) is 17.1 Å². The first-order valence-corrected chi connectivity index (χ1v) is 9.57. The number of guanidine groups is 1. The zero-order chi connectivity index (χ0) is 22.8. The summed E-state index contributed by atoms with van der Waals surface area (Å²) >= 11 is 0. The van der Waals surface area contributed by atoms with Gasteiger partial charge in [0.1, 0.15) is 6.04 Å². The van der Waals surface area contributed by atoms with Crippen molar-refractivity contribution < 1.29 is 19.1 Å². The molecule has 164 valence electrons. The zero-order valence-electron chi connectivity index (χ0n) is 17.3. The van der Waals surface area contributed by atoms with Crippen molar-refractivity contribution in [3.63, 3.8) is 0 Å². The summed E-state index contributed by atoms with van der Waals surface area (Å²) in [5.74, 6) is -0.899. The summed E-state index contributed by atoms with van der Waals surface area (Å²) in [6, 6.07) is 12.4. The smallest absolute Gasteiger partial charge is 0.328 e. The van der Waals surface area contributed by atoms with Crippen molar-refractivity contribution in [2.45, 2.75) is 26.3 Å². The van der Waals surface area contributed by atoms with E-state index in [1.807, 2.05) is 0 Å². The summed E-state index contributed by atoms with van der Waals surface area (Å²) in [4.78, 5) is 39.6. The maximum Gasteiger partial charge on any atom is 0.328 e. The van der Waals surface area contributed by atoms with Gasteiger partial charge in [-0.05, 0) is 42.8 Å². The Kier molecular flexibility index (Phi) is 8.38. The molecule has 0 heterocycles. The third-order valence-corrected chi connectivity index (χ3v) is 3.96. The number of esters is 1. The highest BCUT2D eigenvalue weighted by atomic mass is 16.5. The molecule has 0 spiro atoms. The number of aliphatic imine (C=N–C) groups is 1. The molecule has 0 saturated heterocycles. The van der Waals surface area contributed by atoms with Crippen LogP contribution in [-0.2, 0) is 20.7 Å². The number of carbonyl (C=O) groups is 3. The van der Waals surface area contributed by atoms with Gasteiger partial charge in [-0.1, -0.05) is 18.2 Å². The quantitative estimate of drug-likeness (QED) is 0.246. The number of benzene rings is 2. The number of ether oxygens (including phenoxy) is 1. The van der Waals surface area contributed by atoms with E-state index in [1.165, 1.54) is 6.92 Å². The number of rotatable bonds is 8. The minimum absolute atomic E-state index is 0.0783. The summed E-state index contributed by atoms with van der Waals surface area (Å²) in [7, 11) is 0. The van der Waals surface area contributed by atoms with Crippen LogP contribution in [0.25, 0.3) is 0 Å². The fourth-order valence-corrected chi connectivity index (χ4v) is 2.74. The Balaban J connectivity index is 1.98. The Bertz CT molecular complexity index is 955. The second-order valence-electron chi connectivity index (χ2n) is 6.57. The molecule has 2 rings (SSSR count). The first-order valence-electron chi connectivity index (χ1n) is 9.57. The Morgan fingerprint density at radius 2 is 1.71 bits per heavy atom. The first kappa shape index (κ1) is 23.2. The normalized spacial score (nSPS) is 11.0. The molecule has 1 atom stereocenters. The number of urea groups is 1. The second kappa shape index (κ2) is 11.2. The van der Waals surface area contributed by atoms with Crippen molar-refractivity contribution in [1.29, 1.82) is 0 Å². The van der Waals surface area contributed by atoms with E-state index < -0.39 is 18.0 Å². The molecule has 31 heavy (non-hydrogen) atoms. The standard InChI is InChI=1S/C21H26N6O4/c1-3-31-19(29)18(24-13(2)28)11-14-7-9-15(10-8-14)26-21(30)27-17-6-4-5-16(12-17)25-20(22)23/h4-10,12,18H,3,11H2,1-2H3,(H,24,28)(H4,22,23,25)(H2,26,27,30). The highest BCUT2D eigenvalue weighted by Gasteiger charge is 2.21. The molecule has 0 aliphatic heterocycles. The van der Waals surface area contributed by atoms with Gasteiger partial charge in [-0.2, -0.15) is 0 Å². The molecular formula is C21H26N6O4. The third kappa shape index (κ3) is 8.05. The molecule has 0 aromatic heterocycles. The molecule has 10 nitrogen and oxygen atoms in total. The Morgan fingerprint density at radius 3 is 2.32 bits per heavy atom. The average molecular weight is 426 g/mol. The van der Waals surface area contributed by atoms with Crippen molar-refractivity contribution >= 4 is 40.9 Å². The van der Waals surface area contributed by atoms with Crippen molar-refractivity contribution in [3.05, 3.63) is 54.1 Å². The van der Waals surface area contributed by atoms with Crippen LogP contribution in [0.15, 0.2) is 53.5 Å². The van der Waals surface area contributed by atoms with Crippen molar-refractivity contribution in [2.75, 3.05) is 17.2 Å². The lowest BCUT2D eigenvalue weighted by Gasteiger charge is -2.16. The number of anilines is 2. The van der Waals surface area contributed by atoms with E-state index in [-0.39, 0.29) is 24.9 Å². The van der Waals surface area contributed by atoms with Gasteiger partial charge in [-0.25, -0.2) is 14.6 Å². The summed E-state index contributed by atoms with van der Waals surface area (Å²) < 4.78 is 5.00. The Labute approximate surface area is 180 Å². The van der Waals surface area contributed by atoms with Gasteiger partial charge in [0.2, 0.25) is 5.91 Å². The highest BCUT2D eigenvalue weighted by molar-refractivity contribution is 6.00. The number of hydrogen-bond acceptors (Lipinski definition) is 5. The first-order chi connectivity index (χ1) is 14.8. The average Bonchev–Trinajstić information content (AvgIpc) is 2.68. The number of nitrogens with zero attached hydrogens (tertiary/aromatic N) is 1. The largest absolute Gasteiger partial charge is 0.464 e. The highest BCUT2D eigenvalue weighted by Crippen LogP contribution is 2.18. The molecule has 0 radical (unpaired) electrons. The molecule has 2 aromatic carbocycles. The molecule has 7 N–H and O–H groups in total. The van der Waals surface area contributed by atoms with Gasteiger partial charge in [0.15, 0.2) is 5.96 Å². The van der Waals surface area contributed by atoms with Crippen molar-refractivity contribution in [3.8, 4) is 0 Å². The van der Waals surface area contributed by atoms with Gasteiger partial charge in [0.05, 0.1) is 12.3 Å². The van der Waals surface area contributed by atoms with Gasteiger partial charge >= 0.3 is 12.0 Å². The SMILES string of the molecule is CCOC(=O)C(Cc1ccc(NC(=O)Nc2cccc(N=C(N)N)c2)cc1)NC(C)=O. The summed E-state index contributed by atoms with van der Waals surface area (Å²) in [5.41, 5.74) is 13.1. The molecule has 1 unspecified atom stereocenters. The zero-order valence-corrected chi connectivity index (χ0v) is 17.3. The molecule has 0 fully saturated rings. The lowest BCUT2D eigenvalue weighted by atomic mass is 10.1. The number of nitrogens with two attached hydrogens (primary N) is 2. The van der Waals surface area contributed by atoms with Crippen LogP contribution in [0, 0.1) is 0 Å². The van der Waals surface area contributed by atoms with E-state index in [1.54, 1.807) is 55.5 Å². The Morgan fingerprint density at radius 1 is 1.03 bits per heavy atom. The molecule has 2 aromatic rings. The molecular weight excluding hydrogens is 400 g/mol. The molecule has 0 aliphatic rings. The predicted molar refractivity (Wildman–Crippen MR) is 119 cm³/mol. The summed E-state index contributed by atoms with van der Waals surface area (Å²) in [5, 5.41) is 7.99. The second-order valence-corrected chi connectivity index (χ2v) is 6.57. The monoisotopic (exact) mass is 426 g/mol. The summed E-state index contributed by atoms with van der Waals surface area (Å²) in [6.45, 7) is 3.26. The van der Waals surface area contributed by atoms with Crippen LogP contribution >= 0.6 is 0 Å². The number of amides is 3. The van der Waals surface area contributed by atoms with Crippen LogP contribution in [0.4, 0.5) is 21.9 Å². The van der Waals surface area contributed by atoms with Crippen LogP contribution in [0.5, 0.6) is 0 Å². The third-order valence-electron chi connectivity index (χ3n) is 3.96. The van der Waals surface area contributed by atoms with Crippen LogP contribution in [0.1, 0.15) is 19.4 Å². The topological polar surface area (TPSA) is 161 Å². The van der Waals surface area contributed by atoms with Crippen molar-refractivity contribution in [1.82, 2.24) is 5.32 Å². The van der Waals surface area contributed by atoms with Crippen LogP contribution < -0.4 is 27.4 Å². The fourth-order valence-electron chi connectivity index (χ4n) is 2.74. The predicted octanol–water partition coefficient (Wildman–Crippen LogP) is 1.85. The van der Waals surface area contributed by atoms with Gasteiger partial charge in [0.25, 0.3) is 0 Å². The number of carbonyl (C=O) groups excluding carboxylic acids is 3. The molecule has 3 amide bonds. The lowest BCUT2D eigenvalue weighted by molar-refractivity contribution is -0.147. The minimum atomic E-state index is -0.781. The molecule has 0 aliphatic carbocycles. The van der Waals surface area contributed by atoms with Gasteiger partial charge < -0.3 is 32.2 Å².